The highest BCUT2D eigenvalue weighted by Crippen LogP contribution is 2.32. The van der Waals surface area contributed by atoms with Gasteiger partial charge in [0.25, 0.3) is 0 Å². The van der Waals surface area contributed by atoms with Crippen molar-refractivity contribution in [2.45, 2.75) is 133 Å². The first kappa shape index (κ1) is 48.5. The van der Waals surface area contributed by atoms with Crippen molar-refractivity contribution in [2.24, 2.45) is 11.3 Å². The van der Waals surface area contributed by atoms with Crippen LogP contribution >= 0.6 is 0 Å². The summed E-state index contributed by atoms with van der Waals surface area (Å²) in [5, 5.41) is 32.6. The molecule has 3 heterocycles. The molecule has 0 amide bonds. The van der Waals surface area contributed by atoms with Crippen LogP contribution in [0.25, 0.3) is 17.3 Å². The van der Waals surface area contributed by atoms with Gasteiger partial charge in [-0.05, 0) is 107 Å². The first-order chi connectivity index (χ1) is 27.7. The number of aliphatic hydroxyl groups is 1. The Bertz CT molecular complexity index is 1990. The number of nitrogens with zero attached hydrogens (tertiary/aromatic N) is 4. The van der Waals surface area contributed by atoms with Crippen LogP contribution in [-0.4, -0.2) is 55.1 Å². The number of hydrazine groups is 1. The number of aromatic carboxylic acids is 1. The van der Waals surface area contributed by atoms with E-state index in [0.717, 1.165) is 65.1 Å². The lowest BCUT2D eigenvalue weighted by molar-refractivity contribution is 0.0696. The van der Waals surface area contributed by atoms with Crippen molar-refractivity contribution in [1.29, 1.82) is 0 Å². The summed E-state index contributed by atoms with van der Waals surface area (Å²) >= 11 is 0. The minimum absolute atomic E-state index is 0.0143. The topological polar surface area (TPSA) is 153 Å². The second-order valence-corrected chi connectivity index (χ2v) is 17.0. The first-order valence-electron chi connectivity index (χ1n) is 20.7. The molecule has 1 fully saturated rings. The van der Waals surface area contributed by atoms with Gasteiger partial charge in [-0.25, -0.2) is 19.6 Å². The van der Waals surface area contributed by atoms with Crippen LogP contribution in [0.4, 0.5) is 16.0 Å². The van der Waals surface area contributed by atoms with E-state index in [1.54, 1.807) is 32.0 Å². The standard InChI is InChI=1S/C39H47FN6O4.C5H12.C3H8O/c1-23-12-10-13-24(2)35(23)33-21-34(44-38(43-33)45-46(49)30-16-11-14-27(19-30)37(47)48)50-22-29-15-8-9-17-32(42-29)36-31(40)20-28(26(4)41-36)18-25(3)39(5,6)7;1-4-5(2)3;1-3(2)4/h10-14,16,18-21,29,32,42,49H,8-9,15,17,22H2,1-7H3,(H,47,48)(H,43,44,45);5H,4H2,1-3H3;3-4H,1-2H3/b25-18+;;. The molecule has 2 atom stereocenters. The number of aliphatic hydroxyl groups excluding tert-OH is 1. The van der Waals surface area contributed by atoms with E-state index in [1.807, 2.05) is 45.0 Å². The number of allylic oxidation sites excluding steroid dienone is 1. The number of hydrogen-bond acceptors (Lipinski definition) is 10. The van der Waals surface area contributed by atoms with Gasteiger partial charge in [0, 0.05) is 29.5 Å². The molecule has 11 nitrogen and oxygen atoms in total. The molecule has 0 radical (unpaired) electrons. The van der Waals surface area contributed by atoms with Gasteiger partial charge in [-0.3, -0.25) is 10.2 Å². The van der Waals surface area contributed by atoms with Crippen LogP contribution in [-0.2, 0) is 0 Å². The highest BCUT2D eigenvalue weighted by Gasteiger charge is 2.26. The number of aryl methyl sites for hydroxylation is 3. The molecule has 0 aliphatic carbocycles. The van der Waals surface area contributed by atoms with Crippen LogP contribution in [0.2, 0.25) is 0 Å². The van der Waals surface area contributed by atoms with Crippen molar-refractivity contribution in [1.82, 2.24) is 20.3 Å². The molecule has 0 spiro atoms. The molecule has 322 valence electrons. The number of rotatable bonds is 11. The summed E-state index contributed by atoms with van der Waals surface area (Å²) in [7, 11) is 0. The minimum atomic E-state index is -1.12. The van der Waals surface area contributed by atoms with Crippen LogP contribution in [0.1, 0.15) is 139 Å². The summed E-state index contributed by atoms with van der Waals surface area (Å²) < 4.78 is 21.9. The molecule has 2 aromatic heterocycles. The van der Waals surface area contributed by atoms with E-state index in [0.29, 0.717) is 16.6 Å². The number of carboxylic acids is 1. The molecule has 5 N–H and O–H groups in total. The number of hydrogen-bond donors (Lipinski definition) is 5. The molecule has 1 aliphatic rings. The molecule has 0 saturated carbocycles. The lowest BCUT2D eigenvalue weighted by atomic mass is 9.86. The Balaban J connectivity index is 0.000000935. The smallest absolute Gasteiger partial charge is 0.335 e. The quantitative estimate of drug-likeness (QED) is 0.0920. The Labute approximate surface area is 351 Å². The third-order valence-electron chi connectivity index (χ3n) is 10.1. The second kappa shape index (κ2) is 22.5. The SMILES string of the molecule is C/C(=C\c1cc(F)c(C2CCCCC(COc3cc(-c4c(C)cccc4C)nc(NN(O)c4cccc(C(=O)O)c4)n3)N2)nc1C)C(C)(C)C.CC(C)O.CCC(C)C. The van der Waals surface area contributed by atoms with Crippen molar-refractivity contribution in [3.05, 3.63) is 99.6 Å². The van der Waals surface area contributed by atoms with E-state index >= 15 is 4.39 Å². The predicted octanol–water partition coefficient (Wildman–Crippen LogP) is 11.1. The molecule has 1 aliphatic heterocycles. The van der Waals surface area contributed by atoms with Gasteiger partial charge in [0.15, 0.2) is 0 Å². The summed E-state index contributed by atoms with van der Waals surface area (Å²) in [6.07, 6.45) is 6.61. The van der Waals surface area contributed by atoms with E-state index in [2.05, 4.69) is 69.2 Å². The number of pyridine rings is 1. The Morgan fingerprint density at radius 2 is 1.61 bits per heavy atom. The number of carboxylic acid groups (broad SMARTS) is 1. The fourth-order valence-electron chi connectivity index (χ4n) is 6.00. The number of ether oxygens (including phenoxy) is 1. The van der Waals surface area contributed by atoms with Crippen LogP contribution in [0, 0.1) is 37.9 Å². The highest BCUT2D eigenvalue weighted by atomic mass is 19.1. The lowest BCUT2D eigenvalue weighted by Gasteiger charge is -2.24. The van der Waals surface area contributed by atoms with E-state index in [4.69, 9.17) is 14.8 Å². The van der Waals surface area contributed by atoms with Crippen molar-refractivity contribution < 1.29 is 29.3 Å². The zero-order chi connectivity index (χ0) is 44.0. The summed E-state index contributed by atoms with van der Waals surface area (Å²) in [5.74, 6) is -0.231. The van der Waals surface area contributed by atoms with Gasteiger partial charge in [-0.15, -0.1) is 0 Å². The molecular weight excluding hydrogens is 748 g/mol. The van der Waals surface area contributed by atoms with Crippen molar-refractivity contribution in [3.63, 3.8) is 0 Å². The molecule has 2 aromatic carbocycles. The Hall–Kier alpha value is -4.91. The number of halogens is 1. The van der Waals surface area contributed by atoms with Gasteiger partial charge in [-0.2, -0.15) is 10.2 Å². The van der Waals surface area contributed by atoms with E-state index in [1.165, 1.54) is 24.6 Å². The summed E-state index contributed by atoms with van der Waals surface area (Å²) in [5.41, 5.74) is 9.57. The van der Waals surface area contributed by atoms with Crippen LogP contribution in [0.3, 0.4) is 0 Å². The number of aromatic nitrogens is 3. The Kier molecular flexibility index (Phi) is 18.4. The fraction of sp³-hybridized carbons (Fsp3) is 0.489. The number of anilines is 2. The highest BCUT2D eigenvalue weighted by molar-refractivity contribution is 5.88. The largest absolute Gasteiger partial charge is 0.478 e. The Morgan fingerprint density at radius 3 is 2.20 bits per heavy atom. The van der Waals surface area contributed by atoms with Crippen molar-refractivity contribution >= 4 is 23.7 Å². The van der Waals surface area contributed by atoms with Gasteiger partial charge in [0.1, 0.15) is 12.4 Å². The lowest BCUT2D eigenvalue weighted by Crippen LogP contribution is -2.37. The maximum Gasteiger partial charge on any atom is 0.335 e. The van der Waals surface area contributed by atoms with Gasteiger partial charge in [0.05, 0.1) is 28.7 Å². The van der Waals surface area contributed by atoms with Crippen LogP contribution < -0.4 is 20.7 Å². The zero-order valence-electron chi connectivity index (χ0n) is 37.2. The van der Waals surface area contributed by atoms with Gasteiger partial charge >= 0.3 is 5.97 Å². The number of carbonyl (C=O) groups is 1. The Morgan fingerprint density at radius 1 is 1.00 bits per heavy atom. The fourth-order valence-corrected chi connectivity index (χ4v) is 6.00. The average molecular weight is 815 g/mol. The molecule has 0 bridgehead atoms. The van der Waals surface area contributed by atoms with Gasteiger partial charge in [-0.1, -0.05) is 96.7 Å². The molecule has 5 rings (SSSR count). The normalized spacial score (nSPS) is 15.7. The molecule has 4 aromatic rings. The summed E-state index contributed by atoms with van der Waals surface area (Å²) in [6.45, 7) is 24.7. The maximum absolute atomic E-state index is 15.6. The van der Waals surface area contributed by atoms with Gasteiger partial charge in [0.2, 0.25) is 11.8 Å². The number of benzene rings is 2. The third kappa shape index (κ3) is 15.3. The minimum Gasteiger partial charge on any atom is -0.478 e. The molecule has 59 heavy (non-hydrogen) atoms. The second-order valence-electron chi connectivity index (χ2n) is 17.0. The van der Waals surface area contributed by atoms with E-state index < -0.39 is 5.97 Å². The van der Waals surface area contributed by atoms with E-state index in [9.17, 15) is 15.1 Å². The molecule has 12 heteroatoms. The predicted molar refractivity (Wildman–Crippen MR) is 236 cm³/mol. The monoisotopic (exact) mass is 815 g/mol. The van der Waals surface area contributed by atoms with Crippen LogP contribution in [0.5, 0.6) is 5.88 Å². The van der Waals surface area contributed by atoms with Crippen molar-refractivity contribution in [3.8, 4) is 17.1 Å². The van der Waals surface area contributed by atoms with Crippen molar-refractivity contribution in [2.75, 3.05) is 17.2 Å². The maximum atomic E-state index is 15.6. The van der Waals surface area contributed by atoms with E-state index in [-0.39, 0.29) is 59.1 Å². The first-order valence-corrected chi connectivity index (χ1v) is 20.7. The molecule has 1 saturated heterocycles. The summed E-state index contributed by atoms with van der Waals surface area (Å²) in [4.78, 5) is 25.5. The van der Waals surface area contributed by atoms with Crippen LogP contribution in [0.15, 0.2) is 60.2 Å². The third-order valence-corrected chi connectivity index (χ3v) is 10.1. The molecule has 2 unspecified atom stereocenters. The van der Waals surface area contributed by atoms with Gasteiger partial charge < -0.3 is 20.3 Å². The summed E-state index contributed by atoms with van der Waals surface area (Å²) in [6, 6.07) is 14.8. The molecular formula is C47H67FN6O5. The number of nitrogens with one attached hydrogen (secondary N) is 2. The average Bonchev–Trinajstić information content (AvgIpc) is 3.40. The zero-order valence-corrected chi connectivity index (χ0v) is 37.2.